The second kappa shape index (κ2) is 7.25. The molecule has 1 saturated heterocycles. The normalized spacial score (nSPS) is 17.5. The topological polar surface area (TPSA) is 58.9 Å². The molecule has 1 atom stereocenters. The fourth-order valence-corrected chi connectivity index (χ4v) is 3.74. The molecular weight excluding hydrogens is 324 g/mol. The van der Waals surface area contributed by atoms with Crippen LogP contribution < -0.4 is 5.32 Å². The van der Waals surface area contributed by atoms with E-state index in [0.717, 1.165) is 42.7 Å². The van der Waals surface area contributed by atoms with Gasteiger partial charge in [-0.2, -0.15) is 0 Å². The van der Waals surface area contributed by atoms with Gasteiger partial charge in [0.05, 0.1) is 11.7 Å². The lowest BCUT2D eigenvalue weighted by Gasteiger charge is -2.25. The number of imidazole rings is 1. The third kappa shape index (κ3) is 3.20. The van der Waals surface area contributed by atoms with E-state index in [1.807, 2.05) is 49.3 Å². The fourth-order valence-electron chi connectivity index (χ4n) is 3.74. The molecule has 1 unspecified atom stereocenters. The monoisotopic (exact) mass is 348 g/mol. The van der Waals surface area contributed by atoms with E-state index < -0.39 is 0 Å². The number of hydrogen-bond acceptors (Lipinski definition) is 5. The quantitative estimate of drug-likeness (QED) is 0.766. The Labute approximate surface area is 153 Å². The molecule has 26 heavy (non-hydrogen) atoms. The Morgan fingerprint density at radius 3 is 2.88 bits per heavy atom. The first-order chi connectivity index (χ1) is 12.8. The highest BCUT2D eigenvalue weighted by Gasteiger charge is 2.28. The van der Waals surface area contributed by atoms with Gasteiger partial charge < -0.3 is 5.32 Å². The zero-order valence-electron chi connectivity index (χ0n) is 15.3. The van der Waals surface area contributed by atoms with Crippen molar-refractivity contribution in [3.63, 3.8) is 0 Å². The summed E-state index contributed by atoms with van der Waals surface area (Å²) in [5.41, 5.74) is 2.35. The first kappa shape index (κ1) is 16.7. The third-order valence-corrected chi connectivity index (χ3v) is 5.04. The molecule has 0 saturated carbocycles. The highest BCUT2D eigenvalue weighted by molar-refractivity contribution is 5.43. The summed E-state index contributed by atoms with van der Waals surface area (Å²) in [5.74, 6) is 2.84. The summed E-state index contributed by atoms with van der Waals surface area (Å²) in [6.45, 7) is 3.96. The van der Waals surface area contributed by atoms with Crippen LogP contribution in [0.2, 0.25) is 0 Å². The molecule has 0 aromatic carbocycles. The molecule has 1 aliphatic rings. The van der Waals surface area contributed by atoms with Crippen LogP contribution in [-0.2, 0) is 6.54 Å². The first-order valence-corrected chi connectivity index (χ1v) is 9.09. The molecule has 4 heterocycles. The summed E-state index contributed by atoms with van der Waals surface area (Å²) in [6.07, 6.45) is 7.93. The molecule has 0 bridgehead atoms. The highest BCUT2D eigenvalue weighted by atomic mass is 15.2. The predicted octanol–water partition coefficient (Wildman–Crippen LogP) is 3.35. The van der Waals surface area contributed by atoms with Crippen molar-refractivity contribution in [2.24, 2.45) is 0 Å². The van der Waals surface area contributed by atoms with Crippen molar-refractivity contribution < 1.29 is 0 Å². The van der Waals surface area contributed by atoms with E-state index in [9.17, 15) is 0 Å². The number of aryl methyl sites for hydroxylation is 1. The number of anilines is 1. The number of hydrogen-bond donors (Lipinski definition) is 1. The van der Waals surface area contributed by atoms with Gasteiger partial charge in [0.2, 0.25) is 0 Å². The Morgan fingerprint density at radius 1 is 1.15 bits per heavy atom. The number of nitrogens with zero attached hydrogens (tertiary/aromatic N) is 5. The smallest absolute Gasteiger partial charge is 0.138 e. The van der Waals surface area contributed by atoms with Gasteiger partial charge in [0.1, 0.15) is 17.5 Å². The van der Waals surface area contributed by atoms with Crippen LogP contribution in [0.15, 0.2) is 48.9 Å². The molecule has 0 aliphatic carbocycles. The Kier molecular flexibility index (Phi) is 4.67. The van der Waals surface area contributed by atoms with Crippen LogP contribution >= 0.6 is 0 Å². The van der Waals surface area contributed by atoms with Gasteiger partial charge in [-0.1, -0.05) is 12.1 Å². The van der Waals surface area contributed by atoms with Crippen LogP contribution in [0.3, 0.4) is 0 Å². The van der Waals surface area contributed by atoms with Crippen LogP contribution in [0.25, 0.3) is 5.82 Å². The molecule has 3 aromatic rings. The van der Waals surface area contributed by atoms with Gasteiger partial charge >= 0.3 is 0 Å². The molecular formula is C20H24N6. The highest BCUT2D eigenvalue weighted by Crippen LogP contribution is 2.33. The van der Waals surface area contributed by atoms with E-state index in [1.54, 1.807) is 0 Å². The molecule has 1 fully saturated rings. The molecule has 1 N–H and O–H groups in total. The van der Waals surface area contributed by atoms with Gasteiger partial charge in [-0.3, -0.25) is 9.47 Å². The summed E-state index contributed by atoms with van der Waals surface area (Å²) in [6, 6.07) is 10.8. The average molecular weight is 348 g/mol. The Balaban J connectivity index is 1.60. The van der Waals surface area contributed by atoms with Gasteiger partial charge in [-0.25, -0.2) is 15.0 Å². The zero-order valence-corrected chi connectivity index (χ0v) is 15.3. The second-order valence-electron chi connectivity index (χ2n) is 6.65. The summed E-state index contributed by atoms with van der Waals surface area (Å²) >= 11 is 0. The van der Waals surface area contributed by atoms with E-state index in [0.29, 0.717) is 6.04 Å². The van der Waals surface area contributed by atoms with E-state index >= 15 is 0 Å². The number of aromatic nitrogens is 4. The lowest BCUT2D eigenvalue weighted by Crippen LogP contribution is -2.24. The molecule has 3 aromatic heterocycles. The molecule has 0 radical (unpaired) electrons. The van der Waals surface area contributed by atoms with E-state index in [4.69, 9.17) is 4.98 Å². The lowest BCUT2D eigenvalue weighted by molar-refractivity contribution is 0.244. The Bertz CT molecular complexity index is 887. The Morgan fingerprint density at radius 2 is 2.08 bits per heavy atom. The number of likely N-dealkylation sites (tertiary alicyclic amines) is 1. The van der Waals surface area contributed by atoms with Gasteiger partial charge in [-0.15, -0.1) is 0 Å². The largest absolute Gasteiger partial charge is 0.373 e. The fraction of sp³-hybridized carbons (Fsp3) is 0.350. The molecule has 6 nitrogen and oxygen atoms in total. The van der Waals surface area contributed by atoms with Crippen molar-refractivity contribution in [2.75, 3.05) is 18.9 Å². The van der Waals surface area contributed by atoms with Crippen LogP contribution in [0.4, 0.5) is 5.82 Å². The van der Waals surface area contributed by atoms with E-state index in [1.165, 1.54) is 12.0 Å². The standard InChI is InChI=1S/C20H24N6/c1-15-22-11-13-26(15)19-9-3-7-17(24-19)18-8-5-12-25(18)14-16-6-4-10-23-20(16)21-2/h3-4,6-7,9-11,13,18H,5,8,12,14H2,1-2H3,(H,21,23). The van der Waals surface area contributed by atoms with Crippen molar-refractivity contribution in [3.05, 3.63) is 66.0 Å². The minimum Gasteiger partial charge on any atom is -0.373 e. The maximum atomic E-state index is 4.94. The SMILES string of the molecule is CNc1ncccc1CN1CCCC1c1cccc(-n2ccnc2C)n1. The molecule has 0 spiro atoms. The van der Waals surface area contributed by atoms with Crippen LogP contribution in [0.1, 0.15) is 36.0 Å². The first-order valence-electron chi connectivity index (χ1n) is 9.09. The van der Waals surface area contributed by atoms with Crippen molar-refractivity contribution in [2.45, 2.75) is 32.4 Å². The van der Waals surface area contributed by atoms with Crippen LogP contribution in [0, 0.1) is 6.92 Å². The van der Waals surface area contributed by atoms with Crippen LogP contribution in [-0.4, -0.2) is 38.0 Å². The van der Waals surface area contributed by atoms with Crippen molar-refractivity contribution in [1.29, 1.82) is 0 Å². The molecule has 1 aliphatic heterocycles. The number of pyridine rings is 2. The Hall–Kier alpha value is -2.73. The molecule has 0 amide bonds. The van der Waals surface area contributed by atoms with Gasteiger partial charge in [0.15, 0.2) is 0 Å². The van der Waals surface area contributed by atoms with Gasteiger partial charge in [0.25, 0.3) is 0 Å². The number of rotatable bonds is 5. The summed E-state index contributed by atoms with van der Waals surface area (Å²) in [5, 5.41) is 3.19. The van der Waals surface area contributed by atoms with Crippen molar-refractivity contribution >= 4 is 5.82 Å². The average Bonchev–Trinajstić information content (AvgIpc) is 3.31. The minimum atomic E-state index is 0.337. The predicted molar refractivity (Wildman–Crippen MR) is 102 cm³/mol. The molecule has 4 rings (SSSR count). The molecule has 6 heteroatoms. The van der Waals surface area contributed by atoms with Crippen molar-refractivity contribution in [1.82, 2.24) is 24.4 Å². The summed E-state index contributed by atoms with van der Waals surface area (Å²) < 4.78 is 2.03. The second-order valence-corrected chi connectivity index (χ2v) is 6.65. The van der Waals surface area contributed by atoms with Crippen molar-refractivity contribution in [3.8, 4) is 5.82 Å². The van der Waals surface area contributed by atoms with Crippen LogP contribution in [0.5, 0.6) is 0 Å². The maximum absolute atomic E-state index is 4.94. The minimum absolute atomic E-state index is 0.337. The maximum Gasteiger partial charge on any atom is 0.138 e. The zero-order chi connectivity index (χ0) is 17.9. The van der Waals surface area contributed by atoms with E-state index in [2.05, 4.69) is 38.4 Å². The summed E-state index contributed by atoms with van der Waals surface area (Å²) in [7, 11) is 1.92. The van der Waals surface area contributed by atoms with E-state index in [-0.39, 0.29) is 0 Å². The lowest BCUT2D eigenvalue weighted by atomic mass is 10.1. The van der Waals surface area contributed by atoms with Gasteiger partial charge in [-0.05, 0) is 44.5 Å². The number of nitrogens with one attached hydrogen (secondary N) is 1. The summed E-state index contributed by atoms with van der Waals surface area (Å²) in [4.78, 5) is 16.2. The van der Waals surface area contributed by atoms with Gasteiger partial charge in [0, 0.05) is 37.7 Å². The molecule has 134 valence electrons. The third-order valence-electron chi connectivity index (χ3n) is 5.04.